The second-order valence-electron chi connectivity index (χ2n) is 15.2. The third kappa shape index (κ3) is 7.62. The number of quaternary nitrogens is 1. The minimum Gasteiger partial charge on any atom is -0.317 e. The zero-order valence-electron chi connectivity index (χ0n) is 29.3. The molecule has 0 fully saturated rings. The van der Waals surface area contributed by atoms with Gasteiger partial charge in [-0.25, -0.2) is 0 Å². The third-order valence-corrected chi connectivity index (χ3v) is 11.2. The molecule has 238 valence electrons. The lowest BCUT2D eigenvalue weighted by Gasteiger charge is -2.39. The van der Waals surface area contributed by atoms with Crippen LogP contribution in [0.1, 0.15) is 116 Å². The maximum atomic E-state index is 2.60. The summed E-state index contributed by atoms with van der Waals surface area (Å²) in [6.07, 6.45) is 4.64. The van der Waals surface area contributed by atoms with Gasteiger partial charge in [-0.3, -0.25) is 0 Å². The van der Waals surface area contributed by atoms with Crippen LogP contribution in [0.2, 0.25) is 0 Å². The Kier molecular flexibility index (Phi) is 10.4. The molecule has 0 aromatic heterocycles. The molecule has 1 aliphatic heterocycles. The fraction of sp³-hybridized carbons (Fsp3) is 0.442. The van der Waals surface area contributed by atoms with Gasteiger partial charge in [0.25, 0.3) is 0 Å². The molecule has 0 N–H and O–H groups in total. The summed E-state index contributed by atoms with van der Waals surface area (Å²) in [7, 11) is 9.06. The summed E-state index contributed by atoms with van der Waals surface area (Å²) in [6.45, 7) is 11.8. The molecular weight excluding hydrogens is 544 g/mol. The molecular formula is C43H57N2+. The number of hydrogen-bond acceptors (Lipinski definition) is 1. The van der Waals surface area contributed by atoms with E-state index in [4.69, 9.17) is 0 Å². The van der Waals surface area contributed by atoms with Crippen molar-refractivity contribution in [2.75, 3.05) is 28.2 Å². The number of benzene rings is 4. The van der Waals surface area contributed by atoms with Crippen molar-refractivity contribution in [3.8, 4) is 0 Å². The van der Waals surface area contributed by atoms with E-state index in [0.29, 0.717) is 23.7 Å². The van der Waals surface area contributed by atoms with Crippen LogP contribution in [-0.4, -0.2) is 37.6 Å². The van der Waals surface area contributed by atoms with Crippen molar-refractivity contribution in [2.45, 2.75) is 95.7 Å². The quantitative estimate of drug-likeness (QED) is 0.138. The average Bonchev–Trinajstić information content (AvgIpc) is 3.21. The zero-order chi connectivity index (χ0) is 32.2. The van der Waals surface area contributed by atoms with Crippen molar-refractivity contribution < 1.29 is 4.48 Å². The van der Waals surface area contributed by atoms with Crippen LogP contribution >= 0.6 is 0 Å². The van der Waals surface area contributed by atoms with Crippen molar-refractivity contribution in [2.24, 2.45) is 0 Å². The van der Waals surface area contributed by atoms with E-state index in [1.54, 1.807) is 5.56 Å². The molecule has 0 spiro atoms. The van der Waals surface area contributed by atoms with Crippen LogP contribution < -0.4 is 0 Å². The van der Waals surface area contributed by atoms with Crippen LogP contribution in [0, 0.1) is 0 Å². The van der Waals surface area contributed by atoms with Gasteiger partial charge in [-0.1, -0.05) is 111 Å². The second kappa shape index (κ2) is 14.1. The summed E-state index contributed by atoms with van der Waals surface area (Å²) < 4.78 is 1.01. The molecule has 4 atom stereocenters. The highest BCUT2D eigenvalue weighted by atomic mass is 15.4. The monoisotopic (exact) mass is 601 g/mol. The van der Waals surface area contributed by atoms with Crippen molar-refractivity contribution in [1.29, 1.82) is 0 Å². The molecule has 4 aromatic rings. The highest BCUT2D eigenvalue weighted by Gasteiger charge is 2.46. The van der Waals surface area contributed by atoms with Gasteiger partial charge in [0.15, 0.2) is 0 Å². The number of fused-ring (bicyclic) bond motifs is 1. The Labute approximate surface area is 274 Å². The molecule has 1 aliphatic rings. The van der Waals surface area contributed by atoms with Gasteiger partial charge in [-0.05, 0) is 111 Å². The highest BCUT2D eigenvalue weighted by Crippen LogP contribution is 2.46. The molecule has 0 amide bonds. The lowest BCUT2D eigenvalue weighted by molar-refractivity contribution is -0.950. The Morgan fingerprint density at radius 1 is 0.667 bits per heavy atom. The van der Waals surface area contributed by atoms with E-state index >= 15 is 0 Å². The predicted octanol–water partition coefficient (Wildman–Crippen LogP) is 10.6. The van der Waals surface area contributed by atoms with Gasteiger partial charge in [0.05, 0.1) is 14.1 Å². The molecule has 4 unspecified atom stereocenters. The van der Waals surface area contributed by atoms with Crippen LogP contribution in [0.4, 0.5) is 0 Å². The smallest absolute Gasteiger partial charge is 0.119 e. The SMILES string of the molecule is CCC(CC(CC(CC(C)c1ccccc1)c1ccc2c(c1)C(C)(C)[N+](C)(C)C2)c1ccccc1)c1ccc(CN(C)C)cc1. The number of nitrogens with zero attached hydrogens (tertiary/aromatic N) is 2. The molecule has 0 saturated heterocycles. The van der Waals surface area contributed by atoms with E-state index in [0.717, 1.165) is 36.8 Å². The molecule has 45 heavy (non-hydrogen) atoms. The molecule has 5 rings (SSSR count). The van der Waals surface area contributed by atoms with Crippen LogP contribution in [0.15, 0.2) is 103 Å². The maximum absolute atomic E-state index is 2.60. The summed E-state index contributed by atoms with van der Waals surface area (Å²) in [5.41, 5.74) is 10.5. The van der Waals surface area contributed by atoms with Crippen molar-refractivity contribution in [3.63, 3.8) is 0 Å². The van der Waals surface area contributed by atoms with Crippen molar-refractivity contribution >= 4 is 0 Å². The van der Waals surface area contributed by atoms with Gasteiger partial charge in [0, 0.05) is 17.7 Å². The molecule has 0 bridgehead atoms. The lowest BCUT2D eigenvalue weighted by Crippen LogP contribution is -2.48. The first-order valence-corrected chi connectivity index (χ1v) is 17.3. The second-order valence-corrected chi connectivity index (χ2v) is 15.2. The molecule has 2 nitrogen and oxygen atoms in total. The minimum absolute atomic E-state index is 0.103. The first-order chi connectivity index (χ1) is 21.5. The fourth-order valence-electron chi connectivity index (χ4n) is 7.80. The van der Waals surface area contributed by atoms with Gasteiger partial charge in [-0.15, -0.1) is 0 Å². The van der Waals surface area contributed by atoms with Gasteiger partial charge < -0.3 is 9.38 Å². The van der Waals surface area contributed by atoms with E-state index < -0.39 is 0 Å². The van der Waals surface area contributed by atoms with E-state index in [-0.39, 0.29) is 5.54 Å². The Hall–Kier alpha value is -3.20. The van der Waals surface area contributed by atoms with Gasteiger partial charge >= 0.3 is 0 Å². The molecule has 0 aliphatic carbocycles. The third-order valence-electron chi connectivity index (χ3n) is 11.2. The number of rotatable bonds is 13. The topological polar surface area (TPSA) is 3.24 Å². The molecule has 1 heterocycles. The largest absolute Gasteiger partial charge is 0.317 e. The van der Waals surface area contributed by atoms with E-state index in [2.05, 4.69) is 164 Å². The Morgan fingerprint density at radius 3 is 1.80 bits per heavy atom. The predicted molar refractivity (Wildman–Crippen MR) is 193 cm³/mol. The highest BCUT2D eigenvalue weighted by molar-refractivity contribution is 5.40. The van der Waals surface area contributed by atoms with Crippen molar-refractivity contribution in [1.82, 2.24) is 4.90 Å². The first kappa shape index (κ1) is 33.2. The van der Waals surface area contributed by atoms with Gasteiger partial charge in [0.1, 0.15) is 12.1 Å². The van der Waals surface area contributed by atoms with Crippen LogP contribution in [0.3, 0.4) is 0 Å². The summed E-state index contributed by atoms with van der Waals surface area (Å²) in [5, 5.41) is 0. The minimum atomic E-state index is 0.103. The normalized spacial score (nSPS) is 17.9. The molecule has 0 saturated carbocycles. The van der Waals surface area contributed by atoms with Crippen molar-refractivity contribution in [3.05, 3.63) is 142 Å². The molecule has 0 radical (unpaired) electrons. The lowest BCUT2D eigenvalue weighted by atomic mass is 9.74. The van der Waals surface area contributed by atoms with Crippen LogP contribution in [0.25, 0.3) is 0 Å². The first-order valence-electron chi connectivity index (χ1n) is 17.3. The Balaban J connectivity index is 1.49. The maximum Gasteiger partial charge on any atom is 0.119 e. The zero-order valence-corrected chi connectivity index (χ0v) is 29.3. The molecule has 2 heteroatoms. The van der Waals surface area contributed by atoms with Gasteiger partial charge in [0.2, 0.25) is 0 Å². The van der Waals surface area contributed by atoms with E-state index in [1.807, 2.05) is 0 Å². The average molecular weight is 602 g/mol. The Bertz CT molecular complexity index is 1500. The van der Waals surface area contributed by atoms with E-state index in [9.17, 15) is 0 Å². The number of hydrogen-bond donors (Lipinski definition) is 0. The fourth-order valence-corrected chi connectivity index (χ4v) is 7.80. The Morgan fingerprint density at radius 2 is 1.20 bits per heavy atom. The van der Waals surface area contributed by atoms with Crippen LogP contribution in [0.5, 0.6) is 0 Å². The summed E-state index contributed by atoms with van der Waals surface area (Å²) in [6, 6.07) is 39.6. The standard InChI is InChI=1S/C43H57N2/c1-9-34(37-22-20-33(21-23-37)30-44(5)6)27-41(36-18-14-11-15-19-36)28-40(26-32(2)35-16-12-10-13-17-35)38-24-25-39-31-45(7,8)43(3,4)42(39)29-38/h10-25,29,32,34,40-41H,9,26-28,30-31H2,1-8H3/q+1. The summed E-state index contributed by atoms with van der Waals surface area (Å²) in [5.74, 6) is 1.99. The van der Waals surface area contributed by atoms with Crippen LogP contribution in [-0.2, 0) is 18.6 Å². The molecule has 4 aromatic carbocycles. The van der Waals surface area contributed by atoms with E-state index in [1.165, 1.54) is 39.8 Å². The summed E-state index contributed by atoms with van der Waals surface area (Å²) in [4.78, 5) is 2.24. The van der Waals surface area contributed by atoms with Gasteiger partial charge in [-0.2, -0.15) is 0 Å². The summed E-state index contributed by atoms with van der Waals surface area (Å²) >= 11 is 0.